The Labute approximate surface area is 116 Å². The molecule has 3 heteroatoms. The molecule has 0 amide bonds. The van der Waals surface area contributed by atoms with Crippen LogP contribution >= 0.6 is 0 Å². The van der Waals surface area contributed by atoms with Gasteiger partial charge in [-0.25, -0.2) is 0 Å². The SMILES string of the molecule is CCC(NCC1CCN(C)CC1)c1ccc(O)cc1. The first-order valence-electron chi connectivity index (χ1n) is 7.40. The number of phenolic OH excluding ortho intramolecular Hbond substituents is 1. The second-order valence-corrected chi connectivity index (χ2v) is 5.71. The summed E-state index contributed by atoms with van der Waals surface area (Å²) < 4.78 is 0. The summed E-state index contributed by atoms with van der Waals surface area (Å²) in [5, 5.41) is 13.0. The predicted molar refractivity (Wildman–Crippen MR) is 79.4 cm³/mol. The largest absolute Gasteiger partial charge is 0.508 e. The summed E-state index contributed by atoms with van der Waals surface area (Å²) >= 11 is 0. The Morgan fingerprint density at radius 3 is 2.47 bits per heavy atom. The quantitative estimate of drug-likeness (QED) is 0.856. The van der Waals surface area contributed by atoms with Crippen LogP contribution in [0.15, 0.2) is 24.3 Å². The molecule has 1 atom stereocenters. The first-order chi connectivity index (χ1) is 9.19. The molecule has 2 N–H and O–H groups in total. The third-order valence-electron chi connectivity index (χ3n) is 4.19. The van der Waals surface area contributed by atoms with Crippen molar-refractivity contribution in [2.24, 2.45) is 5.92 Å². The lowest BCUT2D eigenvalue weighted by Crippen LogP contribution is -2.36. The molecule has 0 saturated carbocycles. The van der Waals surface area contributed by atoms with Crippen LogP contribution in [0.5, 0.6) is 5.75 Å². The summed E-state index contributed by atoms with van der Waals surface area (Å²) in [5.74, 6) is 1.15. The molecule has 3 nitrogen and oxygen atoms in total. The van der Waals surface area contributed by atoms with Gasteiger partial charge < -0.3 is 15.3 Å². The average molecular weight is 262 g/mol. The van der Waals surface area contributed by atoms with E-state index >= 15 is 0 Å². The Morgan fingerprint density at radius 2 is 1.89 bits per heavy atom. The number of hydrogen-bond acceptors (Lipinski definition) is 3. The van der Waals surface area contributed by atoms with E-state index in [2.05, 4.69) is 24.2 Å². The van der Waals surface area contributed by atoms with Gasteiger partial charge in [0.2, 0.25) is 0 Å². The third kappa shape index (κ3) is 4.22. The molecule has 0 bridgehead atoms. The van der Waals surface area contributed by atoms with E-state index in [4.69, 9.17) is 0 Å². The molecule has 1 aromatic carbocycles. The zero-order chi connectivity index (χ0) is 13.7. The van der Waals surface area contributed by atoms with Crippen molar-refractivity contribution in [2.75, 3.05) is 26.7 Å². The highest BCUT2D eigenvalue weighted by Crippen LogP contribution is 2.21. The number of phenols is 1. The van der Waals surface area contributed by atoms with Gasteiger partial charge in [-0.05, 0) is 69.6 Å². The van der Waals surface area contributed by atoms with Crippen molar-refractivity contribution in [1.29, 1.82) is 0 Å². The molecule has 0 spiro atoms. The zero-order valence-electron chi connectivity index (χ0n) is 12.1. The lowest BCUT2D eigenvalue weighted by molar-refractivity contribution is 0.212. The van der Waals surface area contributed by atoms with Gasteiger partial charge in [0, 0.05) is 6.04 Å². The van der Waals surface area contributed by atoms with Gasteiger partial charge in [-0.2, -0.15) is 0 Å². The van der Waals surface area contributed by atoms with E-state index in [0.717, 1.165) is 18.9 Å². The van der Waals surface area contributed by atoms with E-state index in [1.165, 1.54) is 31.5 Å². The van der Waals surface area contributed by atoms with E-state index in [1.54, 1.807) is 12.1 Å². The fourth-order valence-electron chi connectivity index (χ4n) is 2.78. The molecular weight excluding hydrogens is 236 g/mol. The van der Waals surface area contributed by atoms with Gasteiger partial charge in [-0.15, -0.1) is 0 Å². The second-order valence-electron chi connectivity index (χ2n) is 5.71. The fraction of sp³-hybridized carbons (Fsp3) is 0.625. The van der Waals surface area contributed by atoms with Gasteiger partial charge in [0.1, 0.15) is 5.75 Å². The Kier molecular flexibility index (Phi) is 5.23. The van der Waals surface area contributed by atoms with Crippen LogP contribution in [0.3, 0.4) is 0 Å². The highest BCUT2D eigenvalue weighted by Gasteiger charge is 2.18. The molecule has 1 saturated heterocycles. The maximum Gasteiger partial charge on any atom is 0.115 e. The zero-order valence-corrected chi connectivity index (χ0v) is 12.1. The van der Waals surface area contributed by atoms with Crippen molar-refractivity contribution in [3.8, 4) is 5.75 Å². The van der Waals surface area contributed by atoms with E-state index in [0.29, 0.717) is 11.8 Å². The number of aromatic hydroxyl groups is 1. The standard InChI is InChI=1S/C16H26N2O/c1-3-16(14-4-6-15(19)7-5-14)17-12-13-8-10-18(2)11-9-13/h4-7,13,16-17,19H,3,8-12H2,1-2H3. The summed E-state index contributed by atoms with van der Waals surface area (Å²) in [5.41, 5.74) is 1.27. The minimum absolute atomic E-state index is 0.342. The monoisotopic (exact) mass is 262 g/mol. The van der Waals surface area contributed by atoms with Crippen LogP contribution in [0.4, 0.5) is 0 Å². The van der Waals surface area contributed by atoms with Gasteiger partial charge in [0.05, 0.1) is 0 Å². The molecule has 1 fully saturated rings. The van der Waals surface area contributed by atoms with E-state index < -0.39 is 0 Å². The summed E-state index contributed by atoms with van der Waals surface area (Å²) in [6.45, 7) is 5.76. The number of nitrogens with zero attached hydrogens (tertiary/aromatic N) is 1. The lowest BCUT2D eigenvalue weighted by Gasteiger charge is -2.30. The number of benzene rings is 1. The molecule has 19 heavy (non-hydrogen) atoms. The van der Waals surface area contributed by atoms with Crippen molar-refractivity contribution >= 4 is 0 Å². The fourth-order valence-corrected chi connectivity index (χ4v) is 2.78. The Balaban J connectivity index is 1.84. The molecule has 1 aromatic rings. The van der Waals surface area contributed by atoms with Crippen LogP contribution in [-0.2, 0) is 0 Å². The first kappa shape index (κ1) is 14.4. The highest BCUT2D eigenvalue weighted by molar-refractivity contribution is 5.27. The first-order valence-corrected chi connectivity index (χ1v) is 7.40. The van der Waals surface area contributed by atoms with Gasteiger partial charge in [0.15, 0.2) is 0 Å². The average Bonchev–Trinajstić information content (AvgIpc) is 2.43. The maximum absolute atomic E-state index is 9.34. The molecule has 1 unspecified atom stereocenters. The molecule has 106 valence electrons. The smallest absolute Gasteiger partial charge is 0.115 e. The Morgan fingerprint density at radius 1 is 1.26 bits per heavy atom. The minimum atomic E-state index is 0.342. The van der Waals surface area contributed by atoms with Crippen LogP contribution in [-0.4, -0.2) is 36.7 Å². The normalized spacial score (nSPS) is 19.5. The second kappa shape index (κ2) is 6.92. The van der Waals surface area contributed by atoms with E-state index in [-0.39, 0.29) is 0 Å². The number of nitrogens with one attached hydrogen (secondary N) is 1. The van der Waals surface area contributed by atoms with Gasteiger partial charge in [0.25, 0.3) is 0 Å². The molecule has 1 aliphatic rings. The summed E-state index contributed by atoms with van der Waals surface area (Å²) in [6, 6.07) is 7.99. The third-order valence-corrected chi connectivity index (χ3v) is 4.19. The van der Waals surface area contributed by atoms with Crippen LogP contribution in [0.25, 0.3) is 0 Å². The van der Waals surface area contributed by atoms with Crippen LogP contribution in [0, 0.1) is 5.92 Å². The van der Waals surface area contributed by atoms with E-state index in [1.807, 2.05) is 12.1 Å². The number of likely N-dealkylation sites (tertiary alicyclic amines) is 1. The highest BCUT2D eigenvalue weighted by atomic mass is 16.3. The minimum Gasteiger partial charge on any atom is -0.508 e. The predicted octanol–water partition coefficient (Wildman–Crippen LogP) is 2.77. The molecule has 2 rings (SSSR count). The number of rotatable bonds is 5. The van der Waals surface area contributed by atoms with Crippen LogP contribution in [0.2, 0.25) is 0 Å². The summed E-state index contributed by atoms with van der Waals surface area (Å²) in [4.78, 5) is 2.41. The number of piperidine rings is 1. The lowest BCUT2D eigenvalue weighted by atomic mass is 9.96. The molecule has 0 aliphatic carbocycles. The molecule has 0 radical (unpaired) electrons. The van der Waals surface area contributed by atoms with Gasteiger partial charge >= 0.3 is 0 Å². The van der Waals surface area contributed by atoms with Crippen LogP contribution in [0.1, 0.15) is 37.8 Å². The Hall–Kier alpha value is -1.06. The van der Waals surface area contributed by atoms with Crippen LogP contribution < -0.4 is 5.32 Å². The topological polar surface area (TPSA) is 35.5 Å². The van der Waals surface area contributed by atoms with Crippen molar-refractivity contribution in [3.05, 3.63) is 29.8 Å². The molecule has 1 aliphatic heterocycles. The van der Waals surface area contributed by atoms with Gasteiger partial charge in [-0.1, -0.05) is 19.1 Å². The van der Waals surface area contributed by atoms with Crippen molar-refractivity contribution in [3.63, 3.8) is 0 Å². The van der Waals surface area contributed by atoms with E-state index in [9.17, 15) is 5.11 Å². The van der Waals surface area contributed by atoms with Crippen molar-refractivity contribution in [2.45, 2.75) is 32.2 Å². The van der Waals surface area contributed by atoms with Crippen molar-refractivity contribution in [1.82, 2.24) is 10.2 Å². The summed E-state index contributed by atoms with van der Waals surface area (Å²) in [6.07, 6.45) is 3.68. The molecular formula is C16H26N2O. The molecule has 1 heterocycles. The molecule has 0 aromatic heterocycles. The van der Waals surface area contributed by atoms with Crippen molar-refractivity contribution < 1.29 is 5.11 Å². The Bertz CT molecular complexity index is 369. The summed E-state index contributed by atoms with van der Waals surface area (Å²) in [7, 11) is 2.20. The number of hydrogen-bond donors (Lipinski definition) is 2. The maximum atomic E-state index is 9.34. The van der Waals surface area contributed by atoms with Gasteiger partial charge in [-0.3, -0.25) is 0 Å².